The maximum atomic E-state index is 13.5. The molecule has 0 unspecified atom stereocenters. The van der Waals surface area contributed by atoms with Gasteiger partial charge in [0.05, 0.1) is 6.42 Å². The Bertz CT molecular complexity index is 1020. The van der Waals surface area contributed by atoms with Crippen molar-refractivity contribution in [1.29, 1.82) is 0 Å². The summed E-state index contributed by atoms with van der Waals surface area (Å²) in [7, 11) is 1.60. The summed E-state index contributed by atoms with van der Waals surface area (Å²) in [6.07, 6.45) is 0.613. The number of halogens is 1. The van der Waals surface area contributed by atoms with Gasteiger partial charge in [0.25, 0.3) is 0 Å². The van der Waals surface area contributed by atoms with Gasteiger partial charge in [0, 0.05) is 25.0 Å². The third-order valence-corrected chi connectivity index (χ3v) is 5.47. The molecular formula is C26H27ClN2O2. The highest BCUT2D eigenvalue weighted by molar-refractivity contribution is 6.30. The Kier molecular flexibility index (Phi) is 7.85. The lowest BCUT2D eigenvalue weighted by molar-refractivity contribution is -0.140. The van der Waals surface area contributed by atoms with Gasteiger partial charge in [-0.3, -0.25) is 9.59 Å². The topological polar surface area (TPSA) is 49.4 Å². The highest BCUT2D eigenvalue weighted by Gasteiger charge is 2.29. The monoisotopic (exact) mass is 434 g/mol. The summed E-state index contributed by atoms with van der Waals surface area (Å²) in [5, 5.41) is 3.32. The molecule has 0 heterocycles. The third kappa shape index (κ3) is 6.43. The van der Waals surface area contributed by atoms with Crippen LogP contribution in [0.4, 0.5) is 0 Å². The molecule has 3 rings (SSSR count). The van der Waals surface area contributed by atoms with Gasteiger partial charge < -0.3 is 10.2 Å². The molecule has 5 heteroatoms. The average molecular weight is 435 g/mol. The minimum atomic E-state index is -0.625. The molecule has 160 valence electrons. The van der Waals surface area contributed by atoms with Gasteiger partial charge in [-0.2, -0.15) is 0 Å². The Hall–Kier alpha value is -3.11. The summed E-state index contributed by atoms with van der Waals surface area (Å²) in [4.78, 5) is 28.0. The molecule has 0 spiro atoms. The van der Waals surface area contributed by atoms with E-state index in [1.54, 1.807) is 24.1 Å². The summed E-state index contributed by atoms with van der Waals surface area (Å²) >= 11 is 6.11. The van der Waals surface area contributed by atoms with Crippen LogP contribution in [-0.2, 0) is 29.0 Å². The minimum Gasteiger partial charge on any atom is -0.357 e. The zero-order valence-corrected chi connectivity index (χ0v) is 18.6. The van der Waals surface area contributed by atoms with Crippen LogP contribution in [0, 0.1) is 6.92 Å². The van der Waals surface area contributed by atoms with Crippen molar-refractivity contribution < 1.29 is 9.59 Å². The van der Waals surface area contributed by atoms with Crippen LogP contribution in [0.5, 0.6) is 0 Å². The number of amides is 2. The molecular weight excluding hydrogens is 408 g/mol. The van der Waals surface area contributed by atoms with E-state index in [9.17, 15) is 9.59 Å². The summed E-state index contributed by atoms with van der Waals surface area (Å²) in [6, 6.07) is 24.4. The lowest BCUT2D eigenvalue weighted by Crippen LogP contribution is -2.50. The number of nitrogens with zero attached hydrogens (tertiary/aromatic N) is 1. The summed E-state index contributed by atoms with van der Waals surface area (Å²) in [5.41, 5.74) is 3.95. The molecule has 1 N–H and O–H groups in total. The molecule has 31 heavy (non-hydrogen) atoms. The number of nitrogens with one attached hydrogen (secondary N) is 1. The van der Waals surface area contributed by atoms with Gasteiger partial charge in [-0.25, -0.2) is 0 Å². The number of aryl methyl sites for hydroxylation is 1. The molecule has 0 fully saturated rings. The molecule has 4 nitrogen and oxygen atoms in total. The Morgan fingerprint density at radius 1 is 0.903 bits per heavy atom. The Morgan fingerprint density at radius 2 is 1.58 bits per heavy atom. The van der Waals surface area contributed by atoms with Gasteiger partial charge in [0.15, 0.2) is 0 Å². The minimum absolute atomic E-state index is 0.118. The highest BCUT2D eigenvalue weighted by atomic mass is 35.5. The quantitative estimate of drug-likeness (QED) is 0.564. The molecule has 0 aliphatic heterocycles. The van der Waals surface area contributed by atoms with Crippen molar-refractivity contribution >= 4 is 23.4 Å². The molecule has 3 aromatic rings. The van der Waals surface area contributed by atoms with Crippen LogP contribution in [-0.4, -0.2) is 29.8 Å². The van der Waals surface area contributed by atoms with Crippen molar-refractivity contribution in [3.05, 3.63) is 106 Å². The smallest absolute Gasteiger partial charge is 0.242 e. The molecule has 0 saturated heterocycles. The SMILES string of the molecule is CNC(=O)[C@H](Cc1ccccc1)N(Cc1ccc(C)cc1)C(=O)Cc1cccc(Cl)c1. The van der Waals surface area contributed by atoms with Crippen LogP contribution in [0.15, 0.2) is 78.9 Å². The zero-order valence-electron chi connectivity index (χ0n) is 17.8. The predicted octanol–water partition coefficient (Wildman–Crippen LogP) is 4.58. The van der Waals surface area contributed by atoms with E-state index in [1.165, 1.54) is 0 Å². The van der Waals surface area contributed by atoms with E-state index in [1.807, 2.05) is 73.7 Å². The number of benzene rings is 3. The standard InChI is InChI=1S/C26H27ClN2O2/c1-19-11-13-21(14-12-19)18-29(25(30)17-22-9-6-10-23(27)15-22)24(26(31)28-2)16-20-7-4-3-5-8-20/h3-15,24H,16-18H2,1-2H3,(H,28,31)/t24-/m0/s1. The Labute approximate surface area is 188 Å². The summed E-state index contributed by atoms with van der Waals surface area (Å²) in [5.74, 6) is -0.303. The first-order valence-electron chi connectivity index (χ1n) is 10.3. The number of carbonyl (C=O) groups excluding carboxylic acids is 2. The first kappa shape index (κ1) is 22.6. The van der Waals surface area contributed by atoms with Crippen molar-refractivity contribution in [3.63, 3.8) is 0 Å². The number of hydrogen-bond acceptors (Lipinski definition) is 2. The molecule has 0 aliphatic carbocycles. The number of hydrogen-bond donors (Lipinski definition) is 1. The van der Waals surface area contributed by atoms with Crippen molar-refractivity contribution in [3.8, 4) is 0 Å². The maximum absolute atomic E-state index is 13.5. The average Bonchev–Trinajstić information content (AvgIpc) is 2.77. The van der Waals surface area contributed by atoms with E-state index in [0.717, 1.165) is 22.3 Å². The molecule has 0 aliphatic rings. The van der Waals surface area contributed by atoms with Crippen LogP contribution >= 0.6 is 11.6 Å². The predicted molar refractivity (Wildman–Crippen MR) is 125 cm³/mol. The van der Waals surface area contributed by atoms with E-state index in [-0.39, 0.29) is 18.2 Å². The normalized spacial score (nSPS) is 11.6. The molecule has 3 aromatic carbocycles. The van der Waals surface area contributed by atoms with E-state index < -0.39 is 6.04 Å². The molecule has 0 saturated carbocycles. The first-order chi connectivity index (χ1) is 15.0. The molecule has 1 atom stereocenters. The van der Waals surface area contributed by atoms with E-state index >= 15 is 0 Å². The van der Waals surface area contributed by atoms with Gasteiger partial charge >= 0.3 is 0 Å². The summed E-state index contributed by atoms with van der Waals surface area (Å²) in [6.45, 7) is 2.37. The zero-order chi connectivity index (χ0) is 22.2. The van der Waals surface area contributed by atoms with Gasteiger partial charge in [0.1, 0.15) is 6.04 Å². The van der Waals surface area contributed by atoms with Gasteiger partial charge in [-0.15, -0.1) is 0 Å². The van der Waals surface area contributed by atoms with E-state index in [2.05, 4.69) is 5.32 Å². The lowest BCUT2D eigenvalue weighted by Gasteiger charge is -2.31. The lowest BCUT2D eigenvalue weighted by atomic mass is 10.0. The van der Waals surface area contributed by atoms with Crippen molar-refractivity contribution in [2.24, 2.45) is 0 Å². The Balaban J connectivity index is 1.93. The molecule has 0 bridgehead atoms. The van der Waals surface area contributed by atoms with Crippen LogP contribution in [0.3, 0.4) is 0 Å². The number of carbonyl (C=O) groups is 2. The maximum Gasteiger partial charge on any atom is 0.242 e. The largest absolute Gasteiger partial charge is 0.357 e. The Morgan fingerprint density at radius 3 is 2.23 bits per heavy atom. The second kappa shape index (κ2) is 10.8. The first-order valence-corrected chi connectivity index (χ1v) is 10.7. The molecule has 2 amide bonds. The fourth-order valence-corrected chi connectivity index (χ4v) is 3.75. The second-order valence-electron chi connectivity index (χ2n) is 7.63. The fourth-order valence-electron chi connectivity index (χ4n) is 3.53. The van der Waals surface area contributed by atoms with Gasteiger partial charge in [-0.05, 0) is 35.7 Å². The molecule has 0 aromatic heterocycles. The van der Waals surface area contributed by atoms with E-state index in [0.29, 0.717) is 18.0 Å². The van der Waals surface area contributed by atoms with Gasteiger partial charge in [-0.1, -0.05) is 83.9 Å². The van der Waals surface area contributed by atoms with Crippen molar-refractivity contribution in [1.82, 2.24) is 10.2 Å². The summed E-state index contributed by atoms with van der Waals surface area (Å²) < 4.78 is 0. The van der Waals surface area contributed by atoms with Crippen LogP contribution in [0.2, 0.25) is 5.02 Å². The third-order valence-electron chi connectivity index (χ3n) is 5.24. The molecule has 0 radical (unpaired) electrons. The van der Waals surface area contributed by atoms with Crippen molar-refractivity contribution in [2.45, 2.75) is 32.4 Å². The van der Waals surface area contributed by atoms with Crippen LogP contribution < -0.4 is 5.32 Å². The van der Waals surface area contributed by atoms with Crippen LogP contribution in [0.1, 0.15) is 22.3 Å². The van der Waals surface area contributed by atoms with Gasteiger partial charge in [0.2, 0.25) is 11.8 Å². The fraction of sp³-hybridized carbons (Fsp3) is 0.231. The van der Waals surface area contributed by atoms with Crippen molar-refractivity contribution in [2.75, 3.05) is 7.05 Å². The van der Waals surface area contributed by atoms with Crippen LogP contribution in [0.25, 0.3) is 0 Å². The second-order valence-corrected chi connectivity index (χ2v) is 8.07. The number of rotatable bonds is 8. The van der Waals surface area contributed by atoms with E-state index in [4.69, 9.17) is 11.6 Å². The highest BCUT2D eigenvalue weighted by Crippen LogP contribution is 2.18. The number of likely N-dealkylation sites (N-methyl/N-ethyl adjacent to an activating group) is 1.